The summed E-state index contributed by atoms with van der Waals surface area (Å²) in [5, 5.41) is 0. The summed E-state index contributed by atoms with van der Waals surface area (Å²) < 4.78 is 35.6. The molecule has 0 saturated carbocycles. The van der Waals surface area contributed by atoms with E-state index in [1.807, 2.05) is 37.3 Å². The van der Waals surface area contributed by atoms with Gasteiger partial charge in [-0.1, -0.05) is 35.9 Å². The van der Waals surface area contributed by atoms with Gasteiger partial charge in [-0.25, -0.2) is 0 Å². The number of hydrogen-bond acceptors (Lipinski definition) is 4. The van der Waals surface area contributed by atoms with E-state index >= 15 is 0 Å². The van der Waals surface area contributed by atoms with E-state index in [4.69, 9.17) is 4.74 Å². The molecule has 26 heavy (non-hydrogen) atoms. The van der Waals surface area contributed by atoms with Gasteiger partial charge in [0, 0.05) is 18.7 Å². The lowest BCUT2D eigenvalue weighted by atomic mass is 10.1. The first-order chi connectivity index (χ1) is 12.4. The Bertz CT molecular complexity index is 854. The first-order valence-corrected chi connectivity index (χ1v) is 10.2. The highest BCUT2D eigenvalue weighted by molar-refractivity contribution is 7.90. The number of benzene rings is 2. The number of sulfonamides is 1. The fourth-order valence-electron chi connectivity index (χ4n) is 2.86. The average molecular weight is 372 g/mol. The van der Waals surface area contributed by atoms with Crippen molar-refractivity contribution < 1.29 is 13.2 Å². The molecule has 1 aliphatic rings. The predicted molar refractivity (Wildman–Crippen MR) is 103 cm³/mol. The normalized spacial score (nSPS) is 17.2. The number of ether oxygens (including phenoxy) is 1. The number of hydrogen-bond donors (Lipinski definition) is 0. The van der Waals surface area contributed by atoms with Crippen molar-refractivity contribution in [3.05, 3.63) is 65.7 Å². The Labute approximate surface area is 155 Å². The Morgan fingerprint density at radius 2 is 1.65 bits per heavy atom. The van der Waals surface area contributed by atoms with Gasteiger partial charge in [-0.3, -0.25) is 0 Å². The van der Waals surface area contributed by atoms with Crippen LogP contribution < -0.4 is 0 Å². The summed E-state index contributed by atoms with van der Waals surface area (Å²) in [6.45, 7) is 3.77. The number of rotatable bonds is 4. The number of nitrogens with zero attached hydrogens (tertiary/aromatic N) is 2. The van der Waals surface area contributed by atoms with E-state index in [-0.39, 0.29) is 16.9 Å². The Balaban J connectivity index is 1.92. The number of aryl methyl sites for hydroxylation is 1. The third-order valence-electron chi connectivity index (χ3n) is 4.49. The number of piperidine rings is 1. The molecule has 1 saturated heterocycles. The molecule has 5 nitrogen and oxygen atoms in total. The van der Waals surface area contributed by atoms with Crippen molar-refractivity contribution in [3.8, 4) is 0 Å². The standard InChI is InChI=1S/C20H24N2O3S/c1-16-8-10-19(11-9-16)26(23,24)21-20(17-6-4-3-5-7-17)25-18-12-14-22(2)15-13-18/h3-11,18H,12-15H2,1-2H3. The molecular formula is C20H24N2O3S. The van der Waals surface area contributed by atoms with Crippen molar-refractivity contribution in [3.63, 3.8) is 0 Å². The minimum atomic E-state index is -3.83. The van der Waals surface area contributed by atoms with E-state index in [1.165, 1.54) is 0 Å². The molecule has 1 fully saturated rings. The van der Waals surface area contributed by atoms with Crippen LogP contribution in [0.15, 0.2) is 63.9 Å². The lowest BCUT2D eigenvalue weighted by Gasteiger charge is -2.29. The fraction of sp³-hybridized carbons (Fsp3) is 0.350. The van der Waals surface area contributed by atoms with E-state index in [0.29, 0.717) is 5.56 Å². The van der Waals surface area contributed by atoms with Crippen LogP contribution in [0.1, 0.15) is 24.0 Å². The Hall–Kier alpha value is -2.18. The van der Waals surface area contributed by atoms with Gasteiger partial charge in [-0.2, -0.15) is 8.42 Å². The Morgan fingerprint density at radius 3 is 2.27 bits per heavy atom. The second kappa shape index (κ2) is 8.01. The Kier molecular flexibility index (Phi) is 5.74. The summed E-state index contributed by atoms with van der Waals surface area (Å²) in [6.07, 6.45) is 1.68. The van der Waals surface area contributed by atoms with Gasteiger partial charge in [-0.05, 0) is 51.1 Å². The molecule has 0 aliphatic carbocycles. The van der Waals surface area contributed by atoms with E-state index < -0.39 is 10.0 Å². The number of likely N-dealkylation sites (tertiary alicyclic amines) is 1. The van der Waals surface area contributed by atoms with Crippen LogP contribution in [0.4, 0.5) is 0 Å². The quantitative estimate of drug-likeness (QED) is 0.611. The van der Waals surface area contributed by atoms with E-state index in [1.54, 1.807) is 24.3 Å². The van der Waals surface area contributed by atoms with Crippen molar-refractivity contribution in [1.82, 2.24) is 4.90 Å². The van der Waals surface area contributed by atoms with E-state index in [9.17, 15) is 8.42 Å². The van der Waals surface area contributed by atoms with Crippen LogP contribution in [-0.2, 0) is 14.8 Å². The molecule has 2 aromatic rings. The molecule has 2 aromatic carbocycles. The lowest BCUT2D eigenvalue weighted by Crippen LogP contribution is -2.35. The predicted octanol–water partition coefficient (Wildman–Crippen LogP) is 3.24. The van der Waals surface area contributed by atoms with Crippen molar-refractivity contribution in [1.29, 1.82) is 0 Å². The van der Waals surface area contributed by atoms with Crippen molar-refractivity contribution in [2.45, 2.75) is 30.8 Å². The summed E-state index contributed by atoms with van der Waals surface area (Å²) in [5.74, 6) is 0.167. The molecule has 0 amide bonds. The maximum absolute atomic E-state index is 12.7. The average Bonchev–Trinajstić information content (AvgIpc) is 2.64. The summed E-state index contributed by atoms with van der Waals surface area (Å²) in [7, 11) is -1.76. The van der Waals surface area contributed by atoms with Crippen LogP contribution in [-0.4, -0.2) is 45.5 Å². The summed E-state index contributed by atoms with van der Waals surface area (Å²) in [6, 6.07) is 15.9. The van der Waals surface area contributed by atoms with Gasteiger partial charge in [0.25, 0.3) is 10.0 Å². The van der Waals surface area contributed by atoms with Crippen LogP contribution in [0.25, 0.3) is 0 Å². The van der Waals surface area contributed by atoms with Crippen LogP contribution in [0.3, 0.4) is 0 Å². The van der Waals surface area contributed by atoms with Gasteiger partial charge in [0.1, 0.15) is 6.10 Å². The van der Waals surface area contributed by atoms with Crippen LogP contribution >= 0.6 is 0 Å². The minimum absolute atomic E-state index is 0.0293. The highest BCUT2D eigenvalue weighted by atomic mass is 32.2. The smallest absolute Gasteiger partial charge is 0.285 e. The monoisotopic (exact) mass is 372 g/mol. The van der Waals surface area contributed by atoms with Gasteiger partial charge in [-0.15, -0.1) is 4.40 Å². The molecule has 0 unspecified atom stereocenters. The van der Waals surface area contributed by atoms with Gasteiger partial charge < -0.3 is 9.64 Å². The van der Waals surface area contributed by atoms with Gasteiger partial charge >= 0.3 is 0 Å². The second-order valence-corrected chi connectivity index (χ2v) is 8.28. The van der Waals surface area contributed by atoms with Crippen molar-refractivity contribution in [2.75, 3.05) is 20.1 Å². The Morgan fingerprint density at radius 1 is 1.04 bits per heavy atom. The third-order valence-corrected chi connectivity index (χ3v) is 5.76. The largest absolute Gasteiger partial charge is 0.473 e. The lowest BCUT2D eigenvalue weighted by molar-refractivity contribution is 0.106. The summed E-state index contributed by atoms with van der Waals surface area (Å²) in [5.41, 5.74) is 1.67. The highest BCUT2D eigenvalue weighted by Gasteiger charge is 2.22. The maximum atomic E-state index is 12.7. The molecule has 138 valence electrons. The van der Waals surface area contributed by atoms with Gasteiger partial charge in [0.15, 0.2) is 0 Å². The molecular weight excluding hydrogens is 348 g/mol. The molecule has 0 spiro atoms. The zero-order chi connectivity index (χ0) is 18.6. The van der Waals surface area contributed by atoms with E-state index in [0.717, 1.165) is 31.5 Å². The van der Waals surface area contributed by atoms with Crippen LogP contribution in [0.2, 0.25) is 0 Å². The first kappa shape index (κ1) is 18.6. The highest BCUT2D eigenvalue weighted by Crippen LogP contribution is 2.19. The van der Waals surface area contributed by atoms with Gasteiger partial charge in [0.2, 0.25) is 5.90 Å². The molecule has 3 rings (SSSR count). The molecule has 0 N–H and O–H groups in total. The van der Waals surface area contributed by atoms with Crippen LogP contribution in [0.5, 0.6) is 0 Å². The summed E-state index contributed by atoms with van der Waals surface area (Å²) in [4.78, 5) is 2.41. The SMILES string of the molecule is Cc1ccc(S(=O)(=O)N=C(OC2CCN(C)CC2)c2ccccc2)cc1. The van der Waals surface area contributed by atoms with Crippen molar-refractivity contribution in [2.24, 2.45) is 4.40 Å². The molecule has 1 aliphatic heterocycles. The zero-order valence-corrected chi connectivity index (χ0v) is 15.9. The van der Waals surface area contributed by atoms with E-state index in [2.05, 4.69) is 16.3 Å². The van der Waals surface area contributed by atoms with Crippen LogP contribution in [0, 0.1) is 6.92 Å². The molecule has 0 atom stereocenters. The molecule has 0 aromatic heterocycles. The van der Waals surface area contributed by atoms with Gasteiger partial charge in [0.05, 0.1) is 4.90 Å². The molecule has 6 heteroatoms. The minimum Gasteiger partial charge on any atom is -0.473 e. The molecule has 0 bridgehead atoms. The maximum Gasteiger partial charge on any atom is 0.285 e. The zero-order valence-electron chi connectivity index (χ0n) is 15.1. The topological polar surface area (TPSA) is 59.0 Å². The summed E-state index contributed by atoms with van der Waals surface area (Å²) >= 11 is 0. The fourth-order valence-corrected chi connectivity index (χ4v) is 3.81. The third kappa shape index (κ3) is 4.71. The molecule has 1 heterocycles. The molecule has 0 radical (unpaired) electrons. The van der Waals surface area contributed by atoms with Crippen molar-refractivity contribution >= 4 is 15.9 Å². The second-order valence-electron chi connectivity index (χ2n) is 6.67. The first-order valence-electron chi connectivity index (χ1n) is 8.76.